The van der Waals surface area contributed by atoms with E-state index in [1.54, 1.807) is 18.4 Å². The van der Waals surface area contributed by atoms with E-state index >= 15 is 0 Å². The maximum Gasteiger partial charge on any atom is 0.118 e. The van der Waals surface area contributed by atoms with Gasteiger partial charge in [-0.3, -0.25) is 0 Å². The van der Waals surface area contributed by atoms with Gasteiger partial charge >= 0.3 is 0 Å². The molecular formula is C18H13NOS. The third kappa shape index (κ3) is 2.81. The van der Waals surface area contributed by atoms with E-state index in [0.717, 1.165) is 11.3 Å². The van der Waals surface area contributed by atoms with Crippen molar-refractivity contribution in [3.8, 4) is 32.7 Å². The molecule has 0 fully saturated rings. The van der Waals surface area contributed by atoms with Crippen molar-refractivity contribution in [1.82, 2.24) is 0 Å². The summed E-state index contributed by atoms with van der Waals surface area (Å²) in [4.78, 5) is 2.42. The number of rotatable bonds is 3. The first kappa shape index (κ1) is 13.4. The van der Waals surface area contributed by atoms with Gasteiger partial charge in [-0.25, -0.2) is 0 Å². The van der Waals surface area contributed by atoms with Crippen LogP contribution in [0.15, 0.2) is 60.7 Å². The van der Waals surface area contributed by atoms with Crippen molar-refractivity contribution >= 4 is 11.3 Å². The summed E-state index contributed by atoms with van der Waals surface area (Å²) in [5.41, 5.74) is 3.00. The molecule has 3 aromatic rings. The minimum absolute atomic E-state index is 0.686. The molecule has 0 saturated heterocycles. The Bertz CT molecular complexity index is 779. The van der Waals surface area contributed by atoms with Crippen molar-refractivity contribution in [1.29, 1.82) is 5.26 Å². The zero-order valence-electron chi connectivity index (χ0n) is 11.5. The van der Waals surface area contributed by atoms with Crippen LogP contribution in [0.2, 0.25) is 0 Å². The van der Waals surface area contributed by atoms with Gasteiger partial charge in [-0.2, -0.15) is 5.26 Å². The molecule has 0 atom stereocenters. The van der Waals surface area contributed by atoms with Crippen LogP contribution in [0.3, 0.4) is 0 Å². The fourth-order valence-electron chi connectivity index (χ4n) is 2.11. The van der Waals surface area contributed by atoms with Crippen LogP contribution in [-0.4, -0.2) is 7.11 Å². The number of thiophene rings is 1. The normalized spacial score (nSPS) is 10.1. The van der Waals surface area contributed by atoms with Crippen molar-refractivity contribution in [3.63, 3.8) is 0 Å². The molecule has 0 aliphatic carbocycles. The molecule has 0 N–H and O–H groups in total. The highest BCUT2D eigenvalue weighted by Gasteiger charge is 2.05. The number of nitriles is 1. The molecule has 3 heteroatoms. The Kier molecular flexibility index (Phi) is 3.72. The zero-order valence-corrected chi connectivity index (χ0v) is 12.4. The summed E-state index contributed by atoms with van der Waals surface area (Å²) in [6.07, 6.45) is 0. The first-order valence-electron chi connectivity index (χ1n) is 6.55. The summed E-state index contributed by atoms with van der Waals surface area (Å²) < 4.78 is 5.18. The van der Waals surface area contributed by atoms with Crippen molar-refractivity contribution < 1.29 is 4.74 Å². The molecule has 0 spiro atoms. The molecular weight excluding hydrogens is 278 g/mol. The molecule has 102 valence electrons. The van der Waals surface area contributed by atoms with Crippen LogP contribution in [0, 0.1) is 11.3 Å². The highest BCUT2D eigenvalue weighted by molar-refractivity contribution is 7.18. The summed E-state index contributed by atoms with van der Waals surface area (Å²) in [6, 6.07) is 22.1. The Hall–Kier alpha value is -2.57. The largest absolute Gasteiger partial charge is 0.497 e. The molecule has 0 amide bonds. The average Bonchev–Trinajstić information content (AvgIpc) is 3.05. The van der Waals surface area contributed by atoms with E-state index in [9.17, 15) is 0 Å². The molecule has 21 heavy (non-hydrogen) atoms. The van der Waals surface area contributed by atoms with Crippen molar-refractivity contribution in [2.75, 3.05) is 7.11 Å². The summed E-state index contributed by atoms with van der Waals surface area (Å²) in [5.74, 6) is 0.864. The highest BCUT2D eigenvalue weighted by atomic mass is 32.1. The van der Waals surface area contributed by atoms with Gasteiger partial charge in [0.2, 0.25) is 0 Å². The second kappa shape index (κ2) is 5.82. The number of hydrogen-bond acceptors (Lipinski definition) is 3. The van der Waals surface area contributed by atoms with Gasteiger partial charge in [-0.1, -0.05) is 12.1 Å². The van der Waals surface area contributed by atoms with Crippen molar-refractivity contribution in [2.24, 2.45) is 0 Å². The zero-order chi connectivity index (χ0) is 14.7. The number of ether oxygens (including phenoxy) is 1. The van der Waals surface area contributed by atoms with E-state index in [0.29, 0.717) is 5.56 Å². The first-order chi connectivity index (χ1) is 10.3. The monoisotopic (exact) mass is 291 g/mol. The van der Waals surface area contributed by atoms with Gasteiger partial charge < -0.3 is 4.74 Å². The predicted molar refractivity (Wildman–Crippen MR) is 86.5 cm³/mol. The third-order valence-corrected chi connectivity index (χ3v) is 4.46. The van der Waals surface area contributed by atoms with Crippen LogP contribution in [-0.2, 0) is 0 Å². The summed E-state index contributed by atoms with van der Waals surface area (Å²) in [5, 5.41) is 8.84. The lowest BCUT2D eigenvalue weighted by atomic mass is 10.1. The smallest absolute Gasteiger partial charge is 0.118 e. The van der Waals surface area contributed by atoms with Crippen LogP contribution in [0.5, 0.6) is 5.75 Å². The quantitative estimate of drug-likeness (QED) is 0.683. The number of methoxy groups -OCH3 is 1. The second-order valence-electron chi connectivity index (χ2n) is 4.58. The molecule has 0 aliphatic rings. The molecule has 0 aliphatic heterocycles. The Labute approximate surface area is 127 Å². The molecule has 0 saturated carbocycles. The number of nitrogens with zero attached hydrogens (tertiary/aromatic N) is 1. The number of benzene rings is 2. The maximum atomic E-state index is 8.84. The third-order valence-electron chi connectivity index (χ3n) is 3.28. The molecule has 0 bridgehead atoms. The van der Waals surface area contributed by atoms with E-state index < -0.39 is 0 Å². The first-order valence-corrected chi connectivity index (χ1v) is 7.36. The molecule has 2 aromatic carbocycles. The van der Waals surface area contributed by atoms with Crippen molar-refractivity contribution in [3.05, 3.63) is 66.2 Å². The van der Waals surface area contributed by atoms with Crippen LogP contribution in [0.4, 0.5) is 0 Å². The molecule has 0 unspecified atom stereocenters. The predicted octanol–water partition coefficient (Wildman–Crippen LogP) is 4.96. The van der Waals surface area contributed by atoms with E-state index in [1.807, 2.05) is 36.4 Å². The summed E-state index contributed by atoms with van der Waals surface area (Å²) in [6.45, 7) is 0. The van der Waals surface area contributed by atoms with E-state index in [4.69, 9.17) is 10.00 Å². The minimum Gasteiger partial charge on any atom is -0.497 e. The van der Waals surface area contributed by atoms with Crippen molar-refractivity contribution in [2.45, 2.75) is 0 Å². The van der Waals surface area contributed by atoms with E-state index in [-0.39, 0.29) is 0 Å². The highest BCUT2D eigenvalue weighted by Crippen LogP contribution is 2.35. The molecule has 0 radical (unpaired) electrons. The van der Waals surface area contributed by atoms with E-state index in [2.05, 4.69) is 30.3 Å². The summed E-state index contributed by atoms with van der Waals surface area (Å²) >= 11 is 1.74. The standard InChI is InChI=1S/C18H13NOS/c1-20-16-8-6-15(7-9-16)18-11-10-17(21-18)14-4-2-13(12-19)3-5-14/h2-11H,1H3. The Morgan fingerprint density at radius 1 is 0.810 bits per heavy atom. The van der Waals surface area contributed by atoms with Gasteiger partial charge in [-0.05, 0) is 59.7 Å². The van der Waals surface area contributed by atoms with Crippen LogP contribution in [0.1, 0.15) is 5.56 Å². The summed E-state index contributed by atoms with van der Waals surface area (Å²) in [7, 11) is 1.67. The Morgan fingerprint density at radius 3 is 1.81 bits per heavy atom. The van der Waals surface area contributed by atoms with Gasteiger partial charge in [-0.15, -0.1) is 11.3 Å². The maximum absolute atomic E-state index is 8.84. The van der Waals surface area contributed by atoms with Gasteiger partial charge in [0.1, 0.15) is 5.75 Å². The lowest BCUT2D eigenvalue weighted by molar-refractivity contribution is 0.415. The van der Waals surface area contributed by atoms with Gasteiger partial charge in [0.25, 0.3) is 0 Å². The van der Waals surface area contributed by atoms with Crippen LogP contribution >= 0.6 is 11.3 Å². The SMILES string of the molecule is COc1ccc(-c2ccc(-c3ccc(C#N)cc3)s2)cc1. The van der Waals surface area contributed by atoms with Gasteiger partial charge in [0.15, 0.2) is 0 Å². The molecule has 1 heterocycles. The second-order valence-corrected chi connectivity index (χ2v) is 5.67. The Morgan fingerprint density at radius 2 is 1.33 bits per heavy atom. The van der Waals surface area contributed by atoms with Gasteiger partial charge in [0.05, 0.1) is 18.7 Å². The average molecular weight is 291 g/mol. The molecule has 1 aromatic heterocycles. The molecule has 3 rings (SSSR count). The number of hydrogen-bond donors (Lipinski definition) is 0. The Balaban J connectivity index is 1.89. The van der Waals surface area contributed by atoms with Gasteiger partial charge in [0, 0.05) is 9.75 Å². The van der Waals surface area contributed by atoms with Crippen LogP contribution in [0.25, 0.3) is 20.9 Å². The fraction of sp³-hybridized carbons (Fsp3) is 0.0556. The van der Waals surface area contributed by atoms with E-state index in [1.165, 1.54) is 15.3 Å². The molecule has 2 nitrogen and oxygen atoms in total. The minimum atomic E-state index is 0.686. The fourth-order valence-corrected chi connectivity index (χ4v) is 3.13. The topological polar surface area (TPSA) is 33.0 Å². The lowest BCUT2D eigenvalue weighted by Crippen LogP contribution is -1.81. The lowest BCUT2D eigenvalue weighted by Gasteiger charge is -2.01. The van der Waals surface area contributed by atoms with Crippen LogP contribution < -0.4 is 4.74 Å².